The van der Waals surface area contributed by atoms with Gasteiger partial charge in [0, 0.05) is 5.69 Å². The summed E-state index contributed by atoms with van der Waals surface area (Å²) in [6, 6.07) is 11.1. The van der Waals surface area contributed by atoms with Gasteiger partial charge in [-0.2, -0.15) is 0 Å². The number of nitrogens with one attached hydrogen (secondary N) is 2. The fourth-order valence-electron chi connectivity index (χ4n) is 2.66. The van der Waals surface area contributed by atoms with Crippen LogP contribution in [0.4, 0.5) is 5.69 Å². The highest BCUT2D eigenvalue weighted by Gasteiger charge is 2.31. The number of fused-ring (bicyclic) bond motifs is 1. The third kappa shape index (κ3) is 3.15. The second-order valence-corrected chi connectivity index (χ2v) is 6.28. The summed E-state index contributed by atoms with van der Waals surface area (Å²) in [7, 11) is 3.16. The van der Waals surface area contributed by atoms with Gasteiger partial charge in [-0.15, -0.1) is 0 Å². The van der Waals surface area contributed by atoms with E-state index in [0.717, 1.165) is 22.3 Å². The number of carbonyl (C=O) groups excluding carboxylic acids is 1. The molecule has 0 atom stereocenters. The fourth-order valence-corrected chi connectivity index (χ4v) is 2.66. The van der Waals surface area contributed by atoms with E-state index in [1.54, 1.807) is 26.6 Å². The molecule has 0 fully saturated rings. The summed E-state index contributed by atoms with van der Waals surface area (Å²) < 4.78 is 10.6. The second-order valence-electron chi connectivity index (χ2n) is 6.28. The first-order chi connectivity index (χ1) is 12.0. The Hall–Kier alpha value is -3.02. The van der Waals surface area contributed by atoms with Gasteiger partial charge >= 0.3 is 0 Å². The predicted molar refractivity (Wildman–Crippen MR) is 97.3 cm³/mol. The summed E-state index contributed by atoms with van der Waals surface area (Å²) >= 11 is 0. The molecule has 0 saturated carbocycles. The average molecular weight is 339 g/mol. The molecule has 1 aromatic heterocycles. The summed E-state index contributed by atoms with van der Waals surface area (Å²) in [5.74, 6) is 1.12. The number of anilines is 1. The molecule has 6 heteroatoms. The van der Waals surface area contributed by atoms with Crippen LogP contribution >= 0.6 is 0 Å². The Labute approximate surface area is 146 Å². The van der Waals surface area contributed by atoms with E-state index in [1.165, 1.54) is 0 Å². The smallest absolute Gasteiger partial charge is 0.234 e. The lowest BCUT2D eigenvalue weighted by Crippen LogP contribution is -2.34. The van der Waals surface area contributed by atoms with E-state index in [9.17, 15) is 4.79 Å². The van der Waals surface area contributed by atoms with Crippen molar-refractivity contribution in [3.8, 4) is 11.5 Å². The first kappa shape index (κ1) is 16.8. The molecule has 0 spiro atoms. The van der Waals surface area contributed by atoms with Gasteiger partial charge in [0.1, 0.15) is 0 Å². The highest BCUT2D eigenvalue weighted by molar-refractivity contribution is 5.99. The maximum Gasteiger partial charge on any atom is 0.234 e. The van der Waals surface area contributed by atoms with Crippen molar-refractivity contribution in [3.05, 3.63) is 48.3 Å². The molecule has 0 bridgehead atoms. The molecule has 0 aliphatic rings. The Morgan fingerprint density at radius 3 is 2.56 bits per heavy atom. The van der Waals surface area contributed by atoms with Crippen molar-refractivity contribution in [3.63, 3.8) is 0 Å². The number of nitrogens with zero attached hydrogens (tertiary/aromatic N) is 1. The van der Waals surface area contributed by atoms with Gasteiger partial charge in [-0.25, -0.2) is 4.98 Å². The van der Waals surface area contributed by atoms with Crippen molar-refractivity contribution in [2.45, 2.75) is 19.3 Å². The zero-order valence-corrected chi connectivity index (χ0v) is 14.7. The number of hydrogen-bond acceptors (Lipinski definition) is 4. The SMILES string of the molecule is COc1ccc(C(C)(C)C(=O)Nc2ccc3nc[nH]c3c2)cc1OC. The molecule has 1 heterocycles. The number of hydrogen-bond donors (Lipinski definition) is 2. The van der Waals surface area contributed by atoms with Gasteiger partial charge in [0.05, 0.1) is 37.0 Å². The minimum atomic E-state index is -0.748. The van der Waals surface area contributed by atoms with Crippen LogP contribution in [0.1, 0.15) is 19.4 Å². The number of amides is 1. The summed E-state index contributed by atoms with van der Waals surface area (Å²) in [5, 5.41) is 2.97. The number of aromatic nitrogens is 2. The van der Waals surface area contributed by atoms with Crippen LogP contribution in [-0.2, 0) is 10.2 Å². The first-order valence-corrected chi connectivity index (χ1v) is 7.93. The number of rotatable bonds is 5. The van der Waals surface area contributed by atoms with Gasteiger partial charge in [0.2, 0.25) is 5.91 Å². The van der Waals surface area contributed by atoms with E-state index in [2.05, 4.69) is 15.3 Å². The lowest BCUT2D eigenvalue weighted by atomic mass is 9.83. The average Bonchev–Trinajstić information content (AvgIpc) is 3.08. The van der Waals surface area contributed by atoms with E-state index in [1.807, 2.05) is 44.2 Å². The zero-order valence-electron chi connectivity index (χ0n) is 14.7. The second kappa shape index (κ2) is 6.47. The first-order valence-electron chi connectivity index (χ1n) is 7.93. The van der Waals surface area contributed by atoms with Crippen molar-refractivity contribution in [2.75, 3.05) is 19.5 Å². The fraction of sp³-hybridized carbons (Fsp3) is 0.263. The highest BCUT2D eigenvalue weighted by atomic mass is 16.5. The normalized spacial score (nSPS) is 11.4. The number of aromatic amines is 1. The van der Waals surface area contributed by atoms with Crippen LogP contribution in [0, 0.1) is 0 Å². The van der Waals surface area contributed by atoms with Crippen LogP contribution in [-0.4, -0.2) is 30.1 Å². The number of carbonyl (C=O) groups is 1. The quantitative estimate of drug-likeness (QED) is 0.746. The highest BCUT2D eigenvalue weighted by Crippen LogP contribution is 2.34. The molecule has 1 amide bonds. The van der Waals surface area contributed by atoms with Crippen molar-refractivity contribution < 1.29 is 14.3 Å². The van der Waals surface area contributed by atoms with Crippen LogP contribution in [0.2, 0.25) is 0 Å². The van der Waals surface area contributed by atoms with Crippen molar-refractivity contribution in [1.82, 2.24) is 9.97 Å². The molecule has 25 heavy (non-hydrogen) atoms. The van der Waals surface area contributed by atoms with Gasteiger partial charge in [0.15, 0.2) is 11.5 Å². The molecule has 3 aromatic rings. The van der Waals surface area contributed by atoms with Gasteiger partial charge in [-0.1, -0.05) is 6.07 Å². The standard InChI is InChI=1S/C19H21N3O3/c1-19(2,12-5-8-16(24-3)17(9-12)25-4)18(23)22-13-6-7-14-15(10-13)21-11-20-14/h5-11H,1-4H3,(H,20,21)(H,22,23). The molecule has 6 nitrogen and oxygen atoms in total. The lowest BCUT2D eigenvalue weighted by molar-refractivity contribution is -0.120. The number of benzene rings is 2. The molecule has 0 unspecified atom stereocenters. The molecule has 0 aliphatic heterocycles. The molecule has 0 aliphatic carbocycles. The maximum absolute atomic E-state index is 12.9. The van der Waals surface area contributed by atoms with Gasteiger partial charge in [0.25, 0.3) is 0 Å². The van der Waals surface area contributed by atoms with Crippen molar-refractivity contribution in [1.29, 1.82) is 0 Å². The summed E-state index contributed by atoms with van der Waals surface area (Å²) in [6.45, 7) is 3.75. The van der Waals surface area contributed by atoms with E-state index < -0.39 is 5.41 Å². The van der Waals surface area contributed by atoms with Crippen molar-refractivity contribution in [2.24, 2.45) is 0 Å². The monoisotopic (exact) mass is 339 g/mol. The van der Waals surface area contributed by atoms with Crippen LogP contribution in [0.25, 0.3) is 11.0 Å². The number of methoxy groups -OCH3 is 2. The van der Waals surface area contributed by atoms with Crippen LogP contribution in [0.5, 0.6) is 11.5 Å². The molecule has 3 rings (SSSR count). The van der Waals surface area contributed by atoms with Gasteiger partial charge in [-0.05, 0) is 49.7 Å². The molecular weight excluding hydrogens is 318 g/mol. The summed E-state index contributed by atoms with van der Waals surface area (Å²) in [4.78, 5) is 20.1. The topological polar surface area (TPSA) is 76.2 Å². The van der Waals surface area contributed by atoms with E-state index >= 15 is 0 Å². The van der Waals surface area contributed by atoms with Crippen LogP contribution < -0.4 is 14.8 Å². The predicted octanol–water partition coefficient (Wildman–Crippen LogP) is 3.50. The molecule has 0 saturated heterocycles. The third-order valence-electron chi connectivity index (χ3n) is 4.35. The molecule has 2 aromatic carbocycles. The number of imidazole rings is 1. The van der Waals surface area contributed by atoms with E-state index in [4.69, 9.17) is 9.47 Å². The van der Waals surface area contributed by atoms with Gasteiger partial charge in [-0.3, -0.25) is 4.79 Å². The molecule has 0 radical (unpaired) electrons. The molecular formula is C19H21N3O3. The van der Waals surface area contributed by atoms with Gasteiger partial charge < -0.3 is 19.8 Å². The lowest BCUT2D eigenvalue weighted by Gasteiger charge is -2.25. The summed E-state index contributed by atoms with van der Waals surface area (Å²) in [5.41, 5.74) is 2.54. The number of ether oxygens (including phenoxy) is 2. The zero-order chi connectivity index (χ0) is 18.0. The molecule has 130 valence electrons. The van der Waals surface area contributed by atoms with Crippen LogP contribution in [0.15, 0.2) is 42.7 Å². The minimum absolute atomic E-state index is 0.112. The van der Waals surface area contributed by atoms with Crippen molar-refractivity contribution >= 4 is 22.6 Å². The van der Waals surface area contributed by atoms with Crippen LogP contribution in [0.3, 0.4) is 0 Å². The Balaban J connectivity index is 1.86. The number of H-pyrrole nitrogens is 1. The van der Waals surface area contributed by atoms with E-state index in [-0.39, 0.29) is 5.91 Å². The Morgan fingerprint density at radius 2 is 1.84 bits per heavy atom. The summed E-state index contributed by atoms with van der Waals surface area (Å²) in [6.07, 6.45) is 1.63. The molecule has 2 N–H and O–H groups in total. The minimum Gasteiger partial charge on any atom is -0.493 e. The maximum atomic E-state index is 12.9. The Bertz CT molecular complexity index is 915. The third-order valence-corrected chi connectivity index (χ3v) is 4.35. The Kier molecular flexibility index (Phi) is 4.35. The van der Waals surface area contributed by atoms with E-state index in [0.29, 0.717) is 11.5 Å². The Morgan fingerprint density at radius 1 is 1.08 bits per heavy atom. The largest absolute Gasteiger partial charge is 0.493 e.